The second kappa shape index (κ2) is 5.70. The van der Waals surface area contributed by atoms with Crippen LogP contribution in [-0.4, -0.2) is 40.8 Å². The molecule has 1 fully saturated rings. The van der Waals surface area contributed by atoms with Gasteiger partial charge in [-0.25, -0.2) is 0 Å². The number of alkyl halides is 6. The second-order valence-corrected chi connectivity index (χ2v) is 5.47. The van der Waals surface area contributed by atoms with Crippen LogP contribution < -0.4 is 0 Å². The van der Waals surface area contributed by atoms with E-state index in [0.717, 1.165) is 23.1 Å². The second-order valence-electron chi connectivity index (χ2n) is 5.47. The summed E-state index contributed by atoms with van der Waals surface area (Å²) in [6.45, 7) is -1.21. The van der Waals surface area contributed by atoms with E-state index in [1.807, 2.05) is 0 Å². The summed E-state index contributed by atoms with van der Waals surface area (Å²) < 4.78 is 75.8. The van der Waals surface area contributed by atoms with Gasteiger partial charge in [-0.05, 0) is 11.6 Å². The summed E-state index contributed by atoms with van der Waals surface area (Å²) in [6.07, 6.45) is -10.5. The largest absolute Gasteiger partial charge is 0.419 e. The van der Waals surface area contributed by atoms with Crippen molar-refractivity contribution in [1.29, 1.82) is 0 Å². The van der Waals surface area contributed by atoms with Crippen molar-refractivity contribution in [3.05, 3.63) is 35.4 Å². The molecule has 1 aromatic carbocycles. The van der Waals surface area contributed by atoms with Gasteiger partial charge in [-0.2, -0.15) is 26.3 Å². The molecule has 128 valence electrons. The van der Waals surface area contributed by atoms with Crippen molar-refractivity contribution in [2.45, 2.75) is 30.8 Å². The molecule has 23 heavy (non-hydrogen) atoms. The van der Waals surface area contributed by atoms with Crippen molar-refractivity contribution in [2.24, 2.45) is 0 Å². The normalized spacial score (nSPS) is 22.5. The van der Waals surface area contributed by atoms with Crippen LogP contribution in [0.15, 0.2) is 24.3 Å². The molecule has 1 aromatic rings. The minimum absolute atomic E-state index is 0.0484. The van der Waals surface area contributed by atoms with Crippen LogP contribution in [0.2, 0.25) is 0 Å². The van der Waals surface area contributed by atoms with Gasteiger partial charge in [-0.3, -0.25) is 4.79 Å². The molecule has 1 saturated heterocycles. The predicted molar refractivity (Wildman–Crippen MR) is 67.3 cm³/mol. The first-order valence-electron chi connectivity index (χ1n) is 6.65. The molecule has 1 heterocycles. The van der Waals surface area contributed by atoms with E-state index in [-0.39, 0.29) is 12.1 Å². The Kier molecular flexibility index (Phi) is 4.36. The van der Waals surface area contributed by atoms with Gasteiger partial charge in [0.1, 0.15) is 0 Å². The highest BCUT2D eigenvalue weighted by Gasteiger charge is 2.57. The molecule has 0 aromatic heterocycles. The summed E-state index contributed by atoms with van der Waals surface area (Å²) in [5.74, 6) is -0.760. The Hall–Kier alpha value is -1.77. The molecular formula is C14H13F6NO2. The molecule has 0 radical (unpaired) electrons. The van der Waals surface area contributed by atoms with E-state index in [2.05, 4.69) is 0 Å². The van der Waals surface area contributed by atoms with Gasteiger partial charge in [0.15, 0.2) is 5.60 Å². The fourth-order valence-corrected chi connectivity index (χ4v) is 2.38. The average molecular weight is 341 g/mol. The van der Waals surface area contributed by atoms with E-state index in [1.54, 1.807) is 0 Å². The first kappa shape index (κ1) is 17.6. The van der Waals surface area contributed by atoms with E-state index in [1.165, 1.54) is 6.07 Å². The first-order chi connectivity index (χ1) is 10.4. The third kappa shape index (κ3) is 3.77. The molecule has 1 aliphatic heterocycles. The lowest BCUT2D eigenvalue weighted by molar-refractivity contribution is -0.253. The van der Waals surface area contributed by atoms with Gasteiger partial charge in [-0.1, -0.05) is 18.2 Å². The number of amides is 1. The third-order valence-electron chi connectivity index (χ3n) is 3.74. The minimum Gasteiger partial charge on any atom is -0.379 e. The number of hydrogen-bond donors (Lipinski definition) is 1. The SMILES string of the molecule is O=C(Cc1cccc(C(F)(F)F)c1)N1CC[C@@](O)(C(F)(F)F)C1. The van der Waals surface area contributed by atoms with Crippen LogP contribution in [0.1, 0.15) is 17.5 Å². The first-order valence-corrected chi connectivity index (χ1v) is 6.65. The molecule has 1 atom stereocenters. The molecule has 2 rings (SSSR count). The number of halogens is 6. The molecule has 0 unspecified atom stereocenters. The molecule has 1 N–H and O–H groups in total. The van der Waals surface area contributed by atoms with Crippen molar-refractivity contribution >= 4 is 5.91 Å². The smallest absolute Gasteiger partial charge is 0.379 e. The lowest BCUT2D eigenvalue weighted by Gasteiger charge is -2.26. The highest BCUT2D eigenvalue weighted by Crippen LogP contribution is 2.37. The Morgan fingerprint density at radius 1 is 1.22 bits per heavy atom. The Balaban J connectivity index is 2.07. The van der Waals surface area contributed by atoms with Crippen molar-refractivity contribution in [3.8, 4) is 0 Å². The number of β-amino-alcohol motifs (C(OH)–C–C–N with tert-alkyl or cyclic N) is 1. The van der Waals surface area contributed by atoms with E-state index >= 15 is 0 Å². The highest BCUT2D eigenvalue weighted by atomic mass is 19.4. The van der Waals surface area contributed by atoms with Crippen molar-refractivity contribution in [2.75, 3.05) is 13.1 Å². The molecule has 3 nitrogen and oxygen atoms in total. The number of likely N-dealkylation sites (tertiary alicyclic amines) is 1. The van der Waals surface area contributed by atoms with E-state index < -0.39 is 48.8 Å². The number of aliphatic hydroxyl groups is 1. The van der Waals surface area contributed by atoms with Crippen molar-refractivity contribution in [3.63, 3.8) is 0 Å². The molecular weight excluding hydrogens is 328 g/mol. The molecule has 0 bridgehead atoms. The summed E-state index contributed by atoms with van der Waals surface area (Å²) in [5.41, 5.74) is -3.85. The van der Waals surface area contributed by atoms with Gasteiger partial charge in [-0.15, -0.1) is 0 Å². The van der Waals surface area contributed by atoms with Crippen LogP contribution in [0.3, 0.4) is 0 Å². The van der Waals surface area contributed by atoms with Crippen LogP contribution in [-0.2, 0) is 17.4 Å². The number of rotatable bonds is 2. The Labute approximate surface area is 127 Å². The Bertz CT molecular complexity index is 598. The van der Waals surface area contributed by atoms with Crippen LogP contribution in [0.4, 0.5) is 26.3 Å². The molecule has 0 spiro atoms. The van der Waals surface area contributed by atoms with Crippen LogP contribution >= 0.6 is 0 Å². The average Bonchev–Trinajstić information content (AvgIpc) is 2.82. The third-order valence-corrected chi connectivity index (χ3v) is 3.74. The Morgan fingerprint density at radius 3 is 2.39 bits per heavy atom. The van der Waals surface area contributed by atoms with E-state index in [4.69, 9.17) is 0 Å². The van der Waals surface area contributed by atoms with Gasteiger partial charge < -0.3 is 10.0 Å². The van der Waals surface area contributed by atoms with Gasteiger partial charge in [0.05, 0.1) is 18.5 Å². The highest BCUT2D eigenvalue weighted by molar-refractivity contribution is 5.79. The fraction of sp³-hybridized carbons (Fsp3) is 0.500. The zero-order valence-electron chi connectivity index (χ0n) is 11.7. The maximum absolute atomic E-state index is 12.7. The summed E-state index contributed by atoms with van der Waals surface area (Å²) in [4.78, 5) is 12.8. The van der Waals surface area contributed by atoms with Crippen molar-refractivity contribution < 1.29 is 36.2 Å². The predicted octanol–water partition coefficient (Wildman–Crippen LogP) is 2.77. The van der Waals surface area contributed by atoms with Crippen LogP contribution in [0.25, 0.3) is 0 Å². The zero-order chi connectivity index (χ0) is 17.5. The monoisotopic (exact) mass is 341 g/mol. The van der Waals surface area contributed by atoms with E-state index in [0.29, 0.717) is 0 Å². The van der Waals surface area contributed by atoms with Crippen LogP contribution in [0, 0.1) is 0 Å². The van der Waals surface area contributed by atoms with Gasteiger partial charge >= 0.3 is 12.4 Å². The topological polar surface area (TPSA) is 40.5 Å². The number of benzene rings is 1. The van der Waals surface area contributed by atoms with Gasteiger partial charge in [0.25, 0.3) is 0 Å². The fourth-order valence-electron chi connectivity index (χ4n) is 2.38. The van der Waals surface area contributed by atoms with Gasteiger partial charge in [0, 0.05) is 13.0 Å². The number of hydrogen-bond acceptors (Lipinski definition) is 2. The summed E-state index contributed by atoms with van der Waals surface area (Å²) in [5, 5.41) is 9.50. The molecule has 1 amide bonds. The number of carbonyl (C=O) groups excluding carboxylic acids is 1. The summed E-state index contributed by atoms with van der Waals surface area (Å²) in [7, 11) is 0. The van der Waals surface area contributed by atoms with Crippen LogP contribution in [0.5, 0.6) is 0 Å². The molecule has 9 heteroatoms. The van der Waals surface area contributed by atoms with Crippen molar-refractivity contribution in [1.82, 2.24) is 4.90 Å². The quantitative estimate of drug-likeness (QED) is 0.841. The van der Waals surface area contributed by atoms with Gasteiger partial charge in [0.2, 0.25) is 5.91 Å². The minimum atomic E-state index is -4.86. The molecule has 0 saturated carbocycles. The molecule has 0 aliphatic carbocycles. The Morgan fingerprint density at radius 2 is 1.87 bits per heavy atom. The summed E-state index contributed by atoms with van der Waals surface area (Å²) >= 11 is 0. The number of carbonyl (C=O) groups is 1. The van der Waals surface area contributed by atoms with E-state index in [9.17, 15) is 36.2 Å². The number of nitrogens with zero attached hydrogens (tertiary/aromatic N) is 1. The lowest BCUT2D eigenvalue weighted by atomic mass is 10.0. The maximum atomic E-state index is 12.7. The maximum Gasteiger partial charge on any atom is 0.419 e. The standard InChI is InChI=1S/C14H13F6NO2/c15-13(16,17)10-3-1-2-9(6-10)7-11(22)21-5-4-12(23,8-21)14(18,19)20/h1-3,6,23H,4-5,7-8H2/t12-/m0/s1. The zero-order valence-corrected chi connectivity index (χ0v) is 11.7. The summed E-state index contributed by atoms with van der Waals surface area (Å²) in [6, 6.07) is 4.04. The molecule has 1 aliphatic rings. The lowest BCUT2D eigenvalue weighted by Crippen LogP contribution is -2.48.